The Morgan fingerprint density at radius 1 is 1.41 bits per heavy atom. The minimum Gasteiger partial charge on any atom is -0.480 e. The number of primary amides is 1. The van der Waals surface area contributed by atoms with Crippen LogP contribution in [0.15, 0.2) is 12.4 Å². The van der Waals surface area contributed by atoms with E-state index < -0.39 is 12.2 Å². The van der Waals surface area contributed by atoms with Crippen molar-refractivity contribution in [3.05, 3.63) is 18.1 Å². The maximum atomic E-state index is 10.9. The van der Waals surface area contributed by atoms with Crippen LogP contribution < -0.4 is 10.5 Å². The Labute approximate surface area is 100 Å². The van der Waals surface area contributed by atoms with E-state index >= 15 is 0 Å². The van der Waals surface area contributed by atoms with Crippen LogP contribution in [0.5, 0.6) is 5.88 Å². The molecule has 1 aromatic rings. The van der Waals surface area contributed by atoms with Crippen molar-refractivity contribution in [3.8, 4) is 5.88 Å². The smallest absolute Gasteiger partial charge is 0.405 e. The molecule has 6 nitrogen and oxygen atoms in total. The second kappa shape index (κ2) is 4.99. The van der Waals surface area contributed by atoms with E-state index in [2.05, 4.69) is 9.97 Å². The molecule has 1 atom stereocenters. The molecule has 1 rings (SSSR count). The van der Waals surface area contributed by atoms with E-state index in [0.29, 0.717) is 11.6 Å². The minimum atomic E-state index is -0.838. The van der Waals surface area contributed by atoms with Crippen LogP contribution >= 0.6 is 0 Å². The molecule has 0 radical (unpaired) electrons. The fourth-order valence-electron chi connectivity index (χ4n) is 1.38. The maximum absolute atomic E-state index is 10.9. The van der Waals surface area contributed by atoms with E-state index in [1.165, 1.54) is 19.5 Å². The number of hydrogen-bond donors (Lipinski definition) is 1. The van der Waals surface area contributed by atoms with Crippen molar-refractivity contribution in [2.45, 2.75) is 26.9 Å². The van der Waals surface area contributed by atoms with Crippen molar-refractivity contribution in [1.82, 2.24) is 9.97 Å². The maximum Gasteiger partial charge on any atom is 0.405 e. The van der Waals surface area contributed by atoms with E-state index in [-0.39, 0.29) is 5.41 Å². The van der Waals surface area contributed by atoms with Crippen molar-refractivity contribution in [2.75, 3.05) is 7.11 Å². The highest BCUT2D eigenvalue weighted by atomic mass is 16.6. The number of rotatable bonds is 3. The van der Waals surface area contributed by atoms with Gasteiger partial charge in [-0.2, -0.15) is 0 Å². The Hall–Kier alpha value is -1.85. The van der Waals surface area contributed by atoms with Gasteiger partial charge in [0.2, 0.25) is 5.88 Å². The molecule has 1 aromatic heterocycles. The predicted octanol–water partition coefficient (Wildman–Crippen LogP) is 1.67. The normalized spacial score (nSPS) is 12.9. The topological polar surface area (TPSA) is 87.3 Å². The van der Waals surface area contributed by atoms with Gasteiger partial charge in [-0.05, 0) is 0 Å². The molecule has 0 aromatic carbocycles. The Kier molecular flexibility index (Phi) is 3.88. The molecule has 0 bridgehead atoms. The van der Waals surface area contributed by atoms with Gasteiger partial charge >= 0.3 is 6.09 Å². The summed E-state index contributed by atoms with van der Waals surface area (Å²) in [7, 11) is 1.49. The van der Waals surface area contributed by atoms with Crippen molar-refractivity contribution < 1.29 is 14.3 Å². The summed E-state index contributed by atoms with van der Waals surface area (Å²) in [5.41, 5.74) is 5.23. The van der Waals surface area contributed by atoms with Crippen LogP contribution in [0.25, 0.3) is 0 Å². The second-order valence-corrected chi connectivity index (χ2v) is 4.67. The average Bonchev–Trinajstić information content (AvgIpc) is 2.24. The van der Waals surface area contributed by atoms with Gasteiger partial charge in [0.1, 0.15) is 5.69 Å². The molecule has 2 N–H and O–H groups in total. The Balaban J connectivity index is 3.08. The molecule has 0 aliphatic rings. The molecule has 17 heavy (non-hydrogen) atoms. The monoisotopic (exact) mass is 239 g/mol. The van der Waals surface area contributed by atoms with E-state index in [0.717, 1.165) is 0 Å². The third kappa shape index (κ3) is 3.58. The number of carbonyl (C=O) groups is 1. The fourth-order valence-corrected chi connectivity index (χ4v) is 1.38. The number of hydrogen-bond acceptors (Lipinski definition) is 5. The lowest BCUT2D eigenvalue weighted by molar-refractivity contribution is 0.0325. The highest BCUT2D eigenvalue weighted by Crippen LogP contribution is 2.35. The highest BCUT2D eigenvalue weighted by Gasteiger charge is 2.31. The third-order valence-electron chi connectivity index (χ3n) is 2.13. The molecule has 0 aliphatic carbocycles. The summed E-state index contributed by atoms with van der Waals surface area (Å²) < 4.78 is 10.1. The molecule has 0 aliphatic heterocycles. The van der Waals surface area contributed by atoms with Crippen LogP contribution in [0.1, 0.15) is 32.6 Å². The van der Waals surface area contributed by atoms with Crippen molar-refractivity contribution in [2.24, 2.45) is 11.1 Å². The molecule has 6 heteroatoms. The highest BCUT2D eigenvalue weighted by molar-refractivity contribution is 5.65. The van der Waals surface area contributed by atoms with Gasteiger partial charge in [0.25, 0.3) is 0 Å². The van der Waals surface area contributed by atoms with Crippen LogP contribution in [-0.4, -0.2) is 23.2 Å². The van der Waals surface area contributed by atoms with Gasteiger partial charge in [-0.3, -0.25) is 4.98 Å². The van der Waals surface area contributed by atoms with Crippen molar-refractivity contribution >= 4 is 6.09 Å². The Morgan fingerprint density at radius 2 is 2.06 bits per heavy atom. The quantitative estimate of drug-likeness (QED) is 0.866. The number of carbonyl (C=O) groups excluding carboxylic acids is 1. The van der Waals surface area contributed by atoms with E-state index in [1.54, 1.807) is 0 Å². The third-order valence-corrected chi connectivity index (χ3v) is 2.13. The summed E-state index contributed by atoms with van der Waals surface area (Å²) in [4.78, 5) is 19.1. The summed E-state index contributed by atoms with van der Waals surface area (Å²) in [6, 6.07) is 0. The summed E-state index contributed by atoms with van der Waals surface area (Å²) >= 11 is 0. The first kappa shape index (κ1) is 13.2. The molecule has 0 fully saturated rings. The van der Waals surface area contributed by atoms with Crippen LogP contribution in [-0.2, 0) is 4.74 Å². The van der Waals surface area contributed by atoms with Gasteiger partial charge in [-0.25, -0.2) is 9.78 Å². The standard InChI is InChI=1S/C11H17N3O3/c1-11(2,3)9(17-10(12)15)7-5-13-6-8(14-7)16-4/h5-6,9H,1-4H3,(H2,12,15). The molecule has 1 unspecified atom stereocenters. The molecule has 0 saturated carbocycles. The number of nitrogens with zero attached hydrogens (tertiary/aromatic N) is 2. The Morgan fingerprint density at radius 3 is 2.53 bits per heavy atom. The lowest BCUT2D eigenvalue weighted by Gasteiger charge is -2.28. The Bertz CT molecular complexity index is 401. The summed E-state index contributed by atoms with van der Waals surface area (Å²) in [5, 5.41) is 0. The van der Waals surface area contributed by atoms with Gasteiger partial charge in [0, 0.05) is 5.41 Å². The SMILES string of the molecule is COc1cncc(C(OC(N)=O)C(C)(C)C)n1. The minimum absolute atomic E-state index is 0.337. The zero-order valence-electron chi connectivity index (χ0n) is 10.4. The number of ether oxygens (including phenoxy) is 2. The van der Waals surface area contributed by atoms with Crippen molar-refractivity contribution in [3.63, 3.8) is 0 Å². The molecule has 0 saturated heterocycles. The number of nitrogens with two attached hydrogens (primary N) is 1. The first-order valence-corrected chi connectivity index (χ1v) is 5.16. The fraction of sp³-hybridized carbons (Fsp3) is 0.545. The molecule has 0 spiro atoms. The number of amides is 1. The lowest BCUT2D eigenvalue weighted by Crippen LogP contribution is -2.27. The van der Waals surface area contributed by atoms with E-state index in [4.69, 9.17) is 15.2 Å². The van der Waals surface area contributed by atoms with Gasteiger partial charge in [0.15, 0.2) is 6.10 Å². The zero-order chi connectivity index (χ0) is 13.1. The van der Waals surface area contributed by atoms with Gasteiger partial charge in [-0.1, -0.05) is 20.8 Å². The van der Waals surface area contributed by atoms with E-state index in [1.807, 2.05) is 20.8 Å². The predicted molar refractivity (Wildman–Crippen MR) is 61.4 cm³/mol. The van der Waals surface area contributed by atoms with Crippen LogP contribution in [0.3, 0.4) is 0 Å². The summed E-state index contributed by atoms with van der Waals surface area (Å²) in [6.45, 7) is 5.76. The lowest BCUT2D eigenvalue weighted by atomic mass is 9.87. The molecule has 1 amide bonds. The second-order valence-electron chi connectivity index (χ2n) is 4.67. The van der Waals surface area contributed by atoms with Crippen LogP contribution in [0.2, 0.25) is 0 Å². The number of methoxy groups -OCH3 is 1. The van der Waals surface area contributed by atoms with Crippen LogP contribution in [0.4, 0.5) is 4.79 Å². The average molecular weight is 239 g/mol. The first-order valence-electron chi connectivity index (χ1n) is 5.16. The first-order chi connectivity index (χ1) is 7.84. The van der Waals surface area contributed by atoms with E-state index in [9.17, 15) is 4.79 Å². The largest absolute Gasteiger partial charge is 0.480 e. The van der Waals surface area contributed by atoms with Gasteiger partial charge < -0.3 is 15.2 Å². The summed E-state index contributed by atoms with van der Waals surface area (Å²) in [5.74, 6) is 0.366. The molecular formula is C11H17N3O3. The van der Waals surface area contributed by atoms with Crippen molar-refractivity contribution in [1.29, 1.82) is 0 Å². The number of aromatic nitrogens is 2. The molecule has 94 valence electrons. The zero-order valence-corrected chi connectivity index (χ0v) is 10.4. The molecule has 1 heterocycles. The summed E-state index contributed by atoms with van der Waals surface area (Å²) in [6.07, 6.45) is 1.60. The van der Waals surface area contributed by atoms with Crippen LogP contribution in [0, 0.1) is 5.41 Å². The van der Waals surface area contributed by atoms with Gasteiger partial charge in [-0.15, -0.1) is 0 Å². The van der Waals surface area contributed by atoms with Gasteiger partial charge in [0.05, 0.1) is 19.5 Å². The molecular weight excluding hydrogens is 222 g/mol.